The Hall–Kier alpha value is -2.27. The quantitative estimate of drug-likeness (QED) is 0.483. The molecule has 1 N–H and O–H groups in total. The van der Waals surface area contributed by atoms with Gasteiger partial charge in [0.1, 0.15) is 15.8 Å². The van der Waals surface area contributed by atoms with E-state index in [0.717, 1.165) is 44.3 Å². The summed E-state index contributed by atoms with van der Waals surface area (Å²) in [5.74, 6) is 0.504. The van der Waals surface area contributed by atoms with Gasteiger partial charge in [-0.15, -0.1) is 0 Å². The first kappa shape index (κ1) is 24.4. The highest BCUT2D eigenvalue weighted by Gasteiger charge is 2.38. The summed E-state index contributed by atoms with van der Waals surface area (Å²) in [5.41, 5.74) is 1.78. The molecule has 3 fully saturated rings. The summed E-state index contributed by atoms with van der Waals surface area (Å²) < 4.78 is 2.14. The fourth-order valence-electron chi connectivity index (χ4n) is 5.20. The van der Waals surface area contributed by atoms with Gasteiger partial charge in [0, 0.05) is 45.0 Å². The van der Waals surface area contributed by atoms with Crippen LogP contribution in [0.5, 0.6) is 0 Å². The van der Waals surface area contributed by atoms with E-state index in [1.165, 1.54) is 18.2 Å². The second-order valence-corrected chi connectivity index (χ2v) is 11.2. The maximum atomic E-state index is 13.7. The van der Waals surface area contributed by atoms with E-state index in [0.29, 0.717) is 45.9 Å². The van der Waals surface area contributed by atoms with E-state index < -0.39 is 0 Å². The summed E-state index contributed by atoms with van der Waals surface area (Å²) in [4.78, 5) is 38.6. The number of amides is 1. The van der Waals surface area contributed by atoms with Gasteiger partial charge in [-0.2, -0.15) is 0 Å². The van der Waals surface area contributed by atoms with Crippen molar-refractivity contribution >= 4 is 51.7 Å². The van der Waals surface area contributed by atoms with Crippen LogP contribution in [0.15, 0.2) is 28.0 Å². The van der Waals surface area contributed by atoms with Crippen molar-refractivity contribution in [2.24, 2.45) is 0 Å². The Morgan fingerprint density at radius 2 is 1.89 bits per heavy atom. The number of aromatic nitrogens is 2. The summed E-state index contributed by atoms with van der Waals surface area (Å²) in [6.45, 7) is 5.64. The van der Waals surface area contributed by atoms with Crippen LogP contribution in [0.4, 0.5) is 5.82 Å². The second-order valence-electron chi connectivity index (χ2n) is 9.48. The molecule has 0 bridgehead atoms. The van der Waals surface area contributed by atoms with Gasteiger partial charge in [0.05, 0.1) is 17.1 Å². The number of pyridine rings is 1. The Kier molecular flexibility index (Phi) is 7.24. The number of nitrogens with zero attached hydrogens (tertiary/aromatic N) is 5. The number of aryl methyl sites for hydroxylation is 1. The lowest BCUT2D eigenvalue weighted by Crippen LogP contribution is -2.48. The third-order valence-electron chi connectivity index (χ3n) is 7.11. The molecule has 3 aliphatic rings. The molecular weight excluding hydrogens is 482 g/mol. The number of hydrogen-bond acceptors (Lipinski definition) is 8. The Morgan fingerprint density at radius 3 is 2.60 bits per heavy atom. The van der Waals surface area contributed by atoms with E-state index in [2.05, 4.69) is 9.80 Å². The molecule has 1 saturated carbocycles. The van der Waals surface area contributed by atoms with Crippen molar-refractivity contribution in [1.82, 2.24) is 19.2 Å². The summed E-state index contributed by atoms with van der Waals surface area (Å²) >= 11 is 6.89. The molecule has 0 atom stereocenters. The minimum absolute atomic E-state index is 0.0978. The summed E-state index contributed by atoms with van der Waals surface area (Å²) in [7, 11) is 0. The molecule has 0 unspecified atom stereocenters. The molecule has 2 aliphatic heterocycles. The zero-order chi connectivity index (χ0) is 24.5. The predicted molar refractivity (Wildman–Crippen MR) is 144 cm³/mol. The van der Waals surface area contributed by atoms with E-state index in [-0.39, 0.29) is 24.1 Å². The van der Waals surface area contributed by atoms with E-state index in [4.69, 9.17) is 17.2 Å². The van der Waals surface area contributed by atoms with Crippen molar-refractivity contribution in [2.45, 2.75) is 45.1 Å². The molecule has 0 radical (unpaired) electrons. The zero-order valence-corrected chi connectivity index (χ0v) is 21.6. The highest BCUT2D eigenvalue weighted by molar-refractivity contribution is 8.26. The highest BCUT2D eigenvalue weighted by atomic mass is 32.2. The van der Waals surface area contributed by atoms with Gasteiger partial charge in [-0.1, -0.05) is 49.3 Å². The number of aliphatic hydroxyl groups is 1. The topological polar surface area (TPSA) is 81.4 Å². The maximum absolute atomic E-state index is 13.7. The van der Waals surface area contributed by atoms with Crippen LogP contribution in [-0.2, 0) is 4.79 Å². The summed E-state index contributed by atoms with van der Waals surface area (Å²) in [5, 5.41) is 9.28. The normalized spacial score (nSPS) is 21.6. The summed E-state index contributed by atoms with van der Waals surface area (Å²) in [6, 6.07) is 3.95. The van der Waals surface area contributed by atoms with Gasteiger partial charge in [-0.25, -0.2) is 4.98 Å². The minimum atomic E-state index is -0.186. The van der Waals surface area contributed by atoms with Gasteiger partial charge >= 0.3 is 0 Å². The van der Waals surface area contributed by atoms with Gasteiger partial charge in [0.2, 0.25) is 0 Å². The molecule has 10 heteroatoms. The van der Waals surface area contributed by atoms with E-state index in [1.54, 1.807) is 21.6 Å². The Balaban J connectivity index is 1.54. The van der Waals surface area contributed by atoms with Crippen molar-refractivity contribution in [3.05, 3.63) is 44.7 Å². The van der Waals surface area contributed by atoms with Crippen LogP contribution in [0.25, 0.3) is 11.7 Å². The lowest BCUT2D eigenvalue weighted by Gasteiger charge is -2.35. The largest absolute Gasteiger partial charge is 0.395 e. The van der Waals surface area contributed by atoms with E-state index in [9.17, 15) is 14.7 Å². The van der Waals surface area contributed by atoms with Crippen molar-refractivity contribution < 1.29 is 9.90 Å². The first-order valence-electron chi connectivity index (χ1n) is 12.3. The number of carbonyl (C=O) groups excluding carboxylic acids is 1. The maximum Gasteiger partial charge on any atom is 0.267 e. The third-order valence-corrected chi connectivity index (χ3v) is 8.44. The molecule has 5 rings (SSSR count). The van der Waals surface area contributed by atoms with Crippen LogP contribution in [0.3, 0.4) is 0 Å². The number of thioether (sulfide) groups is 1. The molecule has 4 heterocycles. The van der Waals surface area contributed by atoms with Crippen LogP contribution in [0, 0.1) is 6.92 Å². The molecule has 8 nitrogen and oxygen atoms in total. The van der Waals surface area contributed by atoms with Gasteiger partial charge < -0.3 is 10.0 Å². The zero-order valence-electron chi connectivity index (χ0n) is 20.0. The number of carbonyl (C=O) groups is 1. The van der Waals surface area contributed by atoms with Crippen molar-refractivity contribution in [1.29, 1.82) is 0 Å². The second kappa shape index (κ2) is 10.4. The van der Waals surface area contributed by atoms with Gasteiger partial charge in [0.25, 0.3) is 11.5 Å². The first-order chi connectivity index (χ1) is 17.0. The fraction of sp³-hybridized carbons (Fsp3) is 0.520. The van der Waals surface area contributed by atoms with Crippen LogP contribution in [0.2, 0.25) is 0 Å². The Bertz CT molecular complexity index is 1230. The Morgan fingerprint density at radius 1 is 1.14 bits per heavy atom. The molecule has 1 aliphatic carbocycles. The number of hydrogen-bond donors (Lipinski definition) is 1. The smallest absolute Gasteiger partial charge is 0.267 e. The number of rotatable bonds is 5. The molecule has 1 amide bonds. The van der Waals surface area contributed by atoms with Crippen LogP contribution in [0.1, 0.15) is 43.2 Å². The SMILES string of the molecule is Cc1ccc2nc(N3CCN(CCO)CC3)c(/C=C3\SC(=S)N(C4CCCCC4)C3=O)c(=O)n2c1. The number of piperazine rings is 1. The standard InChI is InChI=1S/C25H31N5O3S2/c1-17-7-8-21-26-22(28-11-9-27(10-12-28)13-14-31)19(23(32)29(21)16-17)15-20-24(33)30(25(34)35-20)18-5-3-2-4-6-18/h7-8,15-16,18,31H,2-6,9-14H2,1H3/b20-15-. The van der Waals surface area contributed by atoms with E-state index in [1.807, 2.05) is 19.1 Å². The number of fused-ring (bicyclic) bond motifs is 1. The van der Waals surface area contributed by atoms with Gasteiger partial charge in [0.15, 0.2) is 0 Å². The van der Waals surface area contributed by atoms with Crippen LogP contribution >= 0.6 is 24.0 Å². The van der Waals surface area contributed by atoms with Crippen LogP contribution < -0.4 is 10.5 Å². The molecule has 0 aromatic carbocycles. The molecule has 2 saturated heterocycles. The van der Waals surface area contributed by atoms with Crippen molar-refractivity contribution in [3.8, 4) is 0 Å². The number of β-amino-alcohol motifs (C(OH)–C–C–N with tert-alkyl or cyclic N) is 1. The Labute approximate surface area is 214 Å². The highest BCUT2D eigenvalue weighted by Crippen LogP contribution is 2.37. The average Bonchev–Trinajstić information content (AvgIpc) is 3.15. The van der Waals surface area contributed by atoms with Gasteiger partial charge in [-0.3, -0.25) is 23.8 Å². The molecule has 2 aromatic heterocycles. The van der Waals surface area contributed by atoms with Crippen molar-refractivity contribution in [2.75, 3.05) is 44.2 Å². The number of thiocarbonyl (C=S) groups is 1. The third kappa shape index (κ3) is 4.89. The van der Waals surface area contributed by atoms with Crippen LogP contribution in [-0.4, -0.2) is 79.9 Å². The molecule has 186 valence electrons. The monoisotopic (exact) mass is 513 g/mol. The first-order valence-corrected chi connectivity index (χ1v) is 13.6. The molecular formula is C25H31N5O3S2. The lowest BCUT2D eigenvalue weighted by molar-refractivity contribution is -0.124. The lowest BCUT2D eigenvalue weighted by atomic mass is 9.94. The molecule has 2 aromatic rings. The minimum Gasteiger partial charge on any atom is -0.395 e. The molecule has 35 heavy (non-hydrogen) atoms. The van der Waals surface area contributed by atoms with Gasteiger partial charge in [-0.05, 0) is 37.5 Å². The molecule has 0 spiro atoms. The number of aliphatic hydroxyl groups excluding tert-OH is 1. The predicted octanol–water partition coefficient (Wildman–Crippen LogP) is 2.65. The fourth-order valence-corrected chi connectivity index (χ4v) is 6.59. The van der Waals surface area contributed by atoms with E-state index >= 15 is 0 Å². The number of anilines is 1. The van der Waals surface area contributed by atoms with Crippen molar-refractivity contribution in [3.63, 3.8) is 0 Å². The average molecular weight is 514 g/mol. The summed E-state index contributed by atoms with van der Waals surface area (Å²) in [6.07, 6.45) is 8.88.